The van der Waals surface area contributed by atoms with Crippen LogP contribution in [0.3, 0.4) is 0 Å². The van der Waals surface area contributed by atoms with Gasteiger partial charge in [0.1, 0.15) is 11.6 Å². The molecule has 1 amide bonds. The number of aryl methyl sites for hydroxylation is 1. The molecule has 0 aromatic carbocycles. The molecule has 0 unspecified atom stereocenters. The number of fused-ring (bicyclic) bond motifs is 1. The van der Waals surface area contributed by atoms with Gasteiger partial charge in [0.2, 0.25) is 5.91 Å². The van der Waals surface area contributed by atoms with Gasteiger partial charge in [0, 0.05) is 41.9 Å². The van der Waals surface area contributed by atoms with Gasteiger partial charge in [-0.25, -0.2) is 9.97 Å². The SMILES string of the molecule is COC(=O)C[C@@H]1C[C@H]1C(=O)Nc1cc2cc(-c3cnccc3C)nc(N)c2cn1. The molecule has 29 heavy (non-hydrogen) atoms. The molecule has 148 valence electrons. The number of carbonyl (C=O) groups excluding carboxylic acids is 2. The number of aromatic nitrogens is 3. The third kappa shape index (κ3) is 3.87. The van der Waals surface area contributed by atoms with Crippen LogP contribution in [-0.2, 0) is 14.3 Å². The minimum atomic E-state index is -0.296. The van der Waals surface area contributed by atoms with E-state index in [-0.39, 0.29) is 30.1 Å². The molecule has 0 spiro atoms. The molecule has 0 saturated heterocycles. The summed E-state index contributed by atoms with van der Waals surface area (Å²) in [6.07, 6.45) is 6.02. The van der Waals surface area contributed by atoms with E-state index in [1.807, 2.05) is 19.1 Å². The van der Waals surface area contributed by atoms with Gasteiger partial charge in [-0.2, -0.15) is 0 Å². The number of hydrogen-bond donors (Lipinski definition) is 2. The molecule has 3 heterocycles. The highest BCUT2D eigenvalue weighted by Crippen LogP contribution is 2.42. The lowest BCUT2D eigenvalue weighted by atomic mass is 10.1. The van der Waals surface area contributed by atoms with Crippen LogP contribution in [0.2, 0.25) is 0 Å². The lowest BCUT2D eigenvalue weighted by Crippen LogP contribution is -2.16. The molecule has 0 bridgehead atoms. The van der Waals surface area contributed by atoms with Crippen molar-refractivity contribution < 1.29 is 14.3 Å². The molecule has 0 aliphatic heterocycles. The smallest absolute Gasteiger partial charge is 0.305 e. The molecule has 8 heteroatoms. The lowest BCUT2D eigenvalue weighted by molar-refractivity contribution is -0.141. The van der Waals surface area contributed by atoms with E-state index in [4.69, 9.17) is 5.73 Å². The maximum atomic E-state index is 12.4. The van der Waals surface area contributed by atoms with Crippen LogP contribution >= 0.6 is 0 Å². The highest BCUT2D eigenvalue weighted by atomic mass is 16.5. The molecule has 3 aromatic heterocycles. The summed E-state index contributed by atoms with van der Waals surface area (Å²) in [6.45, 7) is 1.98. The van der Waals surface area contributed by atoms with Gasteiger partial charge >= 0.3 is 5.97 Å². The van der Waals surface area contributed by atoms with Crippen LogP contribution in [0.4, 0.5) is 11.6 Å². The minimum Gasteiger partial charge on any atom is -0.469 e. The zero-order valence-corrected chi connectivity index (χ0v) is 16.2. The lowest BCUT2D eigenvalue weighted by Gasteiger charge is -2.10. The molecular formula is C21H21N5O3. The number of carbonyl (C=O) groups is 2. The fourth-order valence-electron chi connectivity index (χ4n) is 3.42. The number of nitrogens with two attached hydrogens (primary N) is 1. The molecule has 0 radical (unpaired) electrons. The standard InChI is InChI=1S/C21H21N5O3/c1-11-3-4-23-9-15(11)17-6-13-7-18(24-10-16(13)20(22)25-17)26-21(28)14-5-12(14)8-19(27)29-2/h3-4,6-7,9-10,12,14H,5,8H2,1-2H3,(H2,22,25)(H,24,26,28)/t12-,14+/m0/s1. The summed E-state index contributed by atoms with van der Waals surface area (Å²) in [4.78, 5) is 36.7. The third-order valence-corrected chi connectivity index (χ3v) is 5.23. The Balaban J connectivity index is 1.57. The number of hydrogen-bond acceptors (Lipinski definition) is 7. The van der Waals surface area contributed by atoms with E-state index in [1.54, 1.807) is 24.7 Å². The van der Waals surface area contributed by atoms with E-state index in [9.17, 15) is 9.59 Å². The third-order valence-electron chi connectivity index (χ3n) is 5.23. The molecule has 1 aliphatic rings. The van der Waals surface area contributed by atoms with Gasteiger partial charge < -0.3 is 15.8 Å². The molecule has 1 fully saturated rings. The highest BCUT2D eigenvalue weighted by Gasteiger charge is 2.44. The second-order valence-electron chi connectivity index (χ2n) is 7.25. The number of nitrogen functional groups attached to an aromatic ring is 1. The van der Waals surface area contributed by atoms with Crippen LogP contribution in [0.1, 0.15) is 18.4 Å². The first-order chi connectivity index (χ1) is 14.0. The Morgan fingerprint density at radius 2 is 2.14 bits per heavy atom. The molecule has 3 N–H and O–H groups in total. The summed E-state index contributed by atoms with van der Waals surface area (Å²) < 4.78 is 4.66. The van der Waals surface area contributed by atoms with Crippen molar-refractivity contribution in [3.63, 3.8) is 0 Å². The number of nitrogens with one attached hydrogen (secondary N) is 1. The summed E-state index contributed by atoms with van der Waals surface area (Å²) >= 11 is 0. The van der Waals surface area contributed by atoms with Crippen molar-refractivity contribution in [2.24, 2.45) is 11.8 Å². The van der Waals surface area contributed by atoms with Gasteiger partial charge in [-0.05, 0) is 48.4 Å². The van der Waals surface area contributed by atoms with Crippen molar-refractivity contribution in [3.05, 3.63) is 42.4 Å². The second-order valence-corrected chi connectivity index (χ2v) is 7.25. The van der Waals surface area contributed by atoms with E-state index in [2.05, 4.69) is 25.0 Å². The Labute approximate surface area is 167 Å². The summed E-state index contributed by atoms with van der Waals surface area (Å²) in [5.41, 5.74) is 8.78. The predicted molar refractivity (Wildman–Crippen MR) is 109 cm³/mol. The Bertz CT molecular complexity index is 1110. The largest absolute Gasteiger partial charge is 0.469 e. The molecule has 3 aromatic rings. The summed E-state index contributed by atoms with van der Waals surface area (Å²) in [6, 6.07) is 5.60. The van der Waals surface area contributed by atoms with Crippen molar-refractivity contribution >= 4 is 34.3 Å². The monoisotopic (exact) mass is 391 g/mol. The van der Waals surface area contributed by atoms with Crippen molar-refractivity contribution in [3.8, 4) is 11.3 Å². The number of nitrogens with zero attached hydrogens (tertiary/aromatic N) is 3. The van der Waals surface area contributed by atoms with Crippen LogP contribution in [0.5, 0.6) is 0 Å². The van der Waals surface area contributed by atoms with Gasteiger partial charge in [-0.1, -0.05) is 0 Å². The number of esters is 1. The first-order valence-electron chi connectivity index (χ1n) is 9.31. The normalized spacial score (nSPS) is 17.7. The van der Waals surface area contributed by atoms with Gasteiger partial charge in [0.15, 0.2) is 0 Å². The van der Waals surface area contributed by atoms with Crippen molar-refractivity contribution in [1.29, 1.82) is 0 Å². The average Bonchev–Trinajstić information content (AvgIpc) is 3.47. The van der Waals surface area contributed by atoms with Crippen LogP contribution in [0.15, 0.2) is 36.8 Å². The summed E-state index contributed by atoms with van der Waals surface area (Å²) in [7, 11) is 1.35. The van der Waals surface area contributed by atoms with Gasteiger partial charge in [0.25, 0.3) is 0 Å². The van der Waals surface area contributed by atoms with Crippen LogP contribution in [0.25, 0.3) is 22.0 Å². The van der Waals surface area contributed by atoms with Crippen LogP contribution in [0, 0.1) is 18.8 Å². The Kier molecular flexibility index (Phi) is 4.84. The number of rotatable bonds is 5. The summed E-state index contributed by atoms with van der Waals surface area (Å²) in [5.74, 6) is 0.203. The maximum absolute atomic E-state index is 12.4. The Hall–Kier alpha value is -3.55. The first-order valence-corrected chi connectivity index (χ1v) is 9.31. The van der Waals surface area contributed by atoms with Crippen LogP contribution in [-0.4, -0.2) is 33.9 Å². The van der Waals surface area contributed by atoms with E-state index in [0.717, 1.165) is 16.5 Å². The second kappa shape index (κ2) is 7.46. The van der Waals surface area contributed by atoms with Crippen LogP contribution < -0.4 is 11.1 Å². The van der Waals surface area contributed by atoms with Crippen molar-refractivity contribution in [1.82, 2.24) is 15.0 Å². The van der Waals surface area contributed by atoms with E-state index >= 15 is 0 Å². The number of ether oxygens (including phenoxy) is 1. The first kappa shape index (κ1) is 18.8. The Morgan fingerprint density at radius 3 is 2.90 bits per heavy atom. The molecular weight excluding hydrogens is 370 g/mol. The van der Waals surface area contributed by atoms with Gasteiger partial charge in [-0.3, -0.25) is 14.6 Å². The maximum Gasteiger partial charge on any atom is 0.305 e. The summed E-state index contributed by atoms with van der Waals surface area (Å²) in [5, 5.41) is 4.37. The van der Waals surface area contributed by atoms with E-state index in [0.29, 0.717) is 29.1 Å². The zero-order valence-electron chi connectivity index (χ0n) is 16.2. The van der Waals surface area contributed by atoms with Crippen molar-refractivity contribution in [2.45, 2.75) is 19.8 Å². The van der Waals surface area contributed by atoms with E-state index < -0.39 is 0 Å². The molecule has 1 saturated carbocycles. The number of amides is 1. The number of pyridine rings is 3. The van der Waals surface area contributed by atoms with E-state index in [1.165, 1.54) is 7.11 Å². The average molecular weight is 391 g/mol. The predicted octanol–water partition coefficient (Wildman–Crippen LogP) is 2.72. The molecule has 8 nitrogen and oxygen atoms in total. The quantitative estimate of drug-likeness (QED) is 0.642. The topological polar surface area (TPSA) is 120 Å². The van der Waals surface area contributed by atoms with Gasteiger partial charge in [0.05, 0.1) is 12.8 Å². The highest BCUT2D eigenvalue weighted by molar-refractivity contribution is 5.98. The fourth-order valence-corrected chi connectivity index (χ4v) is 3.42. The Morgan fingerprint density at radius 1 is 1.31 bits per heavy atom. The molecule has 2 atom stereocenters. The zero-order chi connectivity index (χ0) is 20.5. The molecule has 4 rings (SSSR count). The fraction of sp³-hybridized carbons (Fsp3) is 0.286. The van der Waals surface area contributed by atoms with Gasteiger partial charge in [-0.15, -0.1) is 0 Å². The molecule has 1 aliphatic carbocycles. The number of methoxy groups -OCH3 is 1. The minimum absolute atomic E-state index is 0.0305. The van der Waals surface area contributed by atoms with Crippen molar-refractivity contribution in [2.75, 3.05) is 18.2 Å². The number of anilines is 2.